The zero-order chi connectivity index (χ0) is 29.3. The van der Waals surface area contributed by atoms with Crippen molar-refractivity contribution >= 4 is 33.4 Å². The third-order valence-corrected chi connectivity index (χ3v) is 9.58. The van der Waals surface area contributed by atoms with Crippen LogP contribution in [-0.4, -0.2) is 69.7 Å². The maximum Gasteiger partial charge on any atom is 0.327 e. The molecule has 4 heterocycles. The van der Waals surface area contributed by atoms with Gasteiger partial charge in [-0.3, -0.25) is 9.80 Å². The summed E-state index contributed by atoms with van der Waals surface area (Å²) in [5.41, 5.74) is 15.5. The van der Waals surface area contributed by atoms with Gasteiger partial charge in [0.15, 0.2) is 5.96 Å². The van der Waals surface area contributed by atoms with Gasteiger partial charge in [-0.25, -0.2) is 22.9 Å². The largest absolute Gasteiger partial charge is 0.370 e. The average molecular weight is 592 g/mol. The summed E-state index contributed by atoms with van der Waals surface area (Å²) in [5.74, 6) is 0.131. The Morgan fingerprint density at radius 1 is 1.00 bits per heavy atom. The van der Waals surface area contributed by atoms with Crippen molar-refractivity contribution in [1.82, 2.24) is 25.6 Å². The Kier molecular flexibility index (Phi) is 7.90. The molecule has 4 aliphatic rings. The lowest BCUT2D eigenvalue weighted by atomic mass is 10.1. The van der Waals surface area contributed by atoms with Gasteiger partial charge in [0.2, 0.25) is 10.0 Å². The van der Waals surface area contributed by atoms with Crippen molar-refractivity contribution in [3.8, 4) is 0 Å². The number of carbonyl (C=O) groups excluding carboxylic acids is 1. The fourth-order valence-electron chi connectivity index (χ4n) is 5.85. The molecule has 0 aliphatic carbocycles. The maximum atomic E-state index is 13.0. The average Bonchev–Trinajstić information content (AvgIpc) is 3.59. The number of anilines is 1. The summed E-state index contributed by atoms with van der Waals surface area (Å²) >= 11 is 0. The van der Waals surface area contributed by atoms with Gasteiger partial charge in [-0.15, -0.1) is 0 Å². The third-order valence-electron chi connectivity index (χ3n) is 8.05. The van der Waals surface area contributed by atoms with Crippen LogP contribution < -0.4 is 37.0 Å². The second-order valence-corrected chi connectivity index (χ2v) is 12.9. The molecule has 2 unspecified atom stereocenters. The summed E-state index contributed by atoms with van der Waals surface area (Å²) in [5, 5.41) is 9.58. The second-order valence-electron chi connectivity index (χ2n) is 11.2. The Balaban J connectivity index is 1.11. The molecule has 8 N–H and O–H groups in total. The van der Waals surface area contributed by atoms with Crippen LogP contribution in [0.25, 0.3) is 5.70 Å². The van der Waals surface area contributed by atoms with E-state index >= 15 is 0 Å². The summed E-state index contributed by atoms with van der Waals surface area (Å²) in [6, 6.07) is 14.6. The smallest absolute Gasteiger partial charge is 0.327 e. The number of hydrogen-bond donors (Lipinski definition) is 6. The van der Waals surface area contributed by atoms with Crippen molar-refractivity contribution in [3.05, 3.63) is 77.5 Å². The molecule has 12 nitrogen and oxygen atoms in total. The van der Waals surface area contributed by atoms with Crippen LogP contribution in [0.5, 0.6) is 0 Å². The van der Waals surface area contributed by atoms with Crippen LogP contribution >= 0.6 is 0 Å². The Labute approximate surface area is 246 Å². The third kappa shape index (κ3) is 6.28. The van der Waals surface area contributed by atoms with Gasteiger partial charge in [0.25, 0.3) is 0 Å². The van der Waals surface area contributed by atoms with Gasteiger partial charge in [-0.05, 0) is 73.8 Å². The van der Waals surface area contributed by atoms with Gasteiger partial charge in [0, 0.05) is 43.1 Å². The van der Waals surface area contributed by atoms with Crippen LogP contribution in [0.2, 0.25) is 0 Å². The molecule has 0 saturated carbocycles. The first kappa shape index (κ1) is 28.2. The van der Waals surface area contributed by atoms with Crippen molar-refractivity contribution in [3.63, 3.8) is 0 Å². The molecule has 6 rings (SSSR count). The zero-order valence-corrected chi connectivity index (χ0v) is 24.1. The summed E-state index contributed by atoms with van der Waals surface area (Å²) < 4.78 is 28.5. The molecule has 42 heavy (non-hydrogen) atoms. The van der Waals surface area contributed by atoms with E-state index in [1.165, 1.54) is 0 Å². The number of guanidine groups is 1. The predicted molar refractivity (Wildman–Crippen MR) is 163 cm³/mol. The van der Waals surface area contributed by atoms with E-state index in [1.54, 1.807) is 29.2 Å². The van der Waals surface area contributed by atoms with Crippen molar-refractivity contribution in [2.24, 2.45) is 16.5 Å². The predicted octanol–water partition coefficient (Wildman–Crippen LogP) is 0.949. The summed E-state index contributed by atoms with van der Waals surface area (Å²) in [6.07, 6.45) is 5.93. The van der Waals surface area contributed by atoms with Gasteiger partial charge in [0.1, 0.15) is 6.17 Å². The first-order chi connectivity index (χ1) is 20.2. The zero-order valence-electron chi connectivity index (χ0n) is 23.3. The quantitative estimate of drug-likeness (QED) is 0.195. The summed E-state index contributed by atoms with van der Waals surface area (Å²) in [7, 11) is -3.59. The summed E-state index contributed by atoms with van der Waals surface area (Å²) in [4.78, 5) is 21.4. The number of carbonyl (C=O) groups is 1. The van der Waals surface area contributed by atoms with E-state index < -0.39 is 10.0 Å². The number of benzene rings is 2. The summed E-state index contributed by atoms with van der Waals surface area (Å²) in [6.45, 7) is 4.16. The molecule has 4 aliphatic heterocycles. The number of piperidine rings is 1. The lowest BCUT2D eigenvalue weighted by Crippen LogP contribution is -2.51. The van der Waals surface area contributed by atoms with Gasteiger partial charge < -0.3 is 27.4 Å². The molecule has 2 saturated heterocycles. The van der Waals surface area contributed by atoms with E-state index in [-0.39, 0.29) is 35.1 Å². The van der Waals surface area contributed by atoms with E-state index in [9.17, 15) is 13.2 Å². The van der Waals surface area contributed by atoms with Crippen molar-refractivity contribution in [2.75, 3.05) is 31.1 Å². The molecule has 0 radical (unpaired) electrons. The first-order valence-corrected chi connectivity index (χ1v) is 15.7. The monoisotopic (exact) mass is 591 g/mol. The van der Waals surface area contributed by atoms with Crippen LogP contribution in [-0.2, 0) is 16.6 Å². The topological polar surface area (TPSA) is 170 Å². The van der Waals surface area contributed by atoms with Gasteiger partial charge in [0.05, 0.1) is 16.6 Å². The molecule has 0 aromatic heterocycles. The minimum atomic E-state index is -3.59. The van der Waals surface area contributed by atoms with Crippen LogP contribution in [0, 0.1) is 0 Å². The second kappa shape index (κ2) is 11.8. The number of rotatable bonds is 8. The van der Waals surface area contributed by atoms with Crippen molar-refractivity contribution in [1.29, 1.82) is 0 Å². The van der Waals surface area contributed by atoms with E-state index in [0.29, 0.717) is 0 Å². The van der Waals surface area contributed by atoms with Gasteiger partial charge >= 0.3 is 6.03 Å². The molecule has 0 bridgehead atoms. The molecule has 13 heteroatoms. The van der Waals surface area contributed by atoms with E-state index in [2.05, 4.69) is 30.6 Å². The lowest BCUT2D eigenvalue weighted by Gasteiger charge is -2.29. The highest BCUT2D eigenvalue weighted by atomic mass is 32.2. The number of nitrogens with one attached hydrogen (secondary N) is 4. The van der Waals surface area contributed by atoms with Gasteiger partial charge in [-0.1, -0.05) is 24.3 Å². The number of hydrogen-bond acceptors (Lipinski definition) is 7. The van der Waals surface area contributed by atoms with E-state index in [4.69, 9.17) is 11.5 Å². The number of amides is 2. The maximum absolute atomic E-state index is 13.0. The van der Waals surface area contributed by atoms with Crippen LogP contribution in [0.3, 0.4) is 0 Å². The molecule has 2 aromatic rings. The van der Waals surface area contributed by atoms with E-state index in [1.807, 2.05) is 36.5 Å². The Hall–Kier alpha value is -3.91. The minimum absolute atomic E-state index is 0.0530. The Morgan fingerprint density at radius 2 is 1.74 bits per heavy atom. The molecule has 2 aromatic carbocycles. The highest BCUT2D eigenvalue weighted by molar-refractivity contribution is 7.89. The Morgan fingerprint density at radius 3 is 2.45 bits per heavy atom. The number of nitrogens with two attached hydrogens (primary N) is 2. The van der Waals surface area contributed by atoms with Crippen LogP contribution in [0.15, 0.2) is 76.3 Å². The first-order valence-electron chi connectivity index (χ1n) is 14.3. The SMILES string of the molecule is NC(N)=NC1CCN(Cc2ccc(N3C=C4C=C(c5ccc(S(=O)(=O)NC6CCNCC6)cc5)NC4NC3=O)cc2)C1. The van der Waals surface area contributed by atoms with Gasteiger partial charge in [-0.2, -0.15) is 0 Å². The fraction of sp³-hybridized carbons (Fsp3) is 0.379. The molecule has 222 valence electrons. The number of urea groups is 1. The van der Waals surface area contributed by atoms with Crippen molar-refractivity contribution < 1.29 is 13.2 Å². The molecule has 0 spiro atoms. The lowest BCUT2D eigenvalue weighted by molar-refractivity contribution is 0.244. The highest BCUT2D eigenvalue weighted by Crippen LogP contribution is 2.29. The van der Waals surface area contributed by atoms with Crippen LogP contribution in [0.4, 0.5) is 10.5 Å². The molecular weight excluding hydrogens is 554 g/mol. The Bertz CT molecular complexity index is 1510. The standard InChI is InChI=1S/C29H37N9O3S/c30-28(31)33-23-11-14-37(18-23)16-19-1-5-24(6-2-19)38-17-21-15-26(34-27(21)35-29(38)39)20-3-7-25(8-4-20)42(40,41)36-22-9-12-32-13-10-22/h1-8,15,17,22-23,27,32,34,36H,9-14,16,18H2,(H,35,39)(H4,30,31,33). The molecular formula is C29H37N9O3S. The van der Waals surface area contributed by atoms with Crippen molar-refractivity contribution in [2.45, 2.75) is 49.0 Å². The number of aliphatic imine (C=N–C) groups is 1. The number of fused-ring (bicyclic) bond motifs is 1. The van der Waals surface area contributed by atoms with E-state index in [0.717, 1.165) is 80.1 Å². The highest BCUT2D eigenvalue weighted by Gasteiger charge is 2.31. The molecule has 2 amide bonds. The van der Waals surface area contributed by atoms with Crippen LogP contribution in [0.1, 0.15) is 30.4 Å². The molecule has 2 fully saturated rings. The molecule has 2 atom stereocenters. The number of likely N-dealkylation sites (tertiary alicyclic amines) is 1. The number of nitrogens with zero attached hydrogens (tertiary/aromatic N) is 3. The normalized spacial score (nSPS) is 23.0. The minimum Gasteiger partial charge on any atom is -0.370 e. The fourth-order valence-corrected chi connectivity index (χ4v) is 7.16. The number of sulfonamides is 1.